The highest BCUT2D eigenvalue weighted by atomic mass is 127. The minimum atomic E-state index is -0.245. The Hall–Kier alpha value is -0.590. The average molecular weight is 294 g/mol. The van der Waals surface area contributed by atoms with Gasteiger partial charge in [0.1, 0.15) is 6.54 Å². The summed E-state index contributed by atoms with van der Waals surface area (Å²) in [7, 11) is 0. The molecular formula is C8H11IN2O2. The molecule has 0 amide bonds. The molecule has 0 aliphatic rings. The smallest absolute Gasteiger partial charge is 0.327 e. The number of esters is 1. The van der Waals surface area contributed by atoms with Crippen molar-refractivity contribution in [3.8, 4) is 0 Å². The molecule has 0 fully saturated rings. The van der Waals surface area contributed by atoms with Gasteiger partial charge in [0.15, 0.2) is 0 Å². The summed E-state index contributed by atoms with van der Waals surface area (Å²) in [6, 6.07) is 0. The van der Waals surface area contributed by atoms with Gasteiger partial charge in [-0.25, -0.2) is 0 Å². The molecule has 72 valence electrons. The quantitative estimate of drug-likeness (QED) is 0.624. The van der Waals surface area contributed by atoms with Crippen LogP contribution in [0, 0.1) is 10.5 Å². The number of ether oxygens (including phenoxy) is 1. The second-order valence-electron chi connectivity index (χ2n) is 2.54. The molecule has 1 heterocycles. The maximum atomic E-state index is 11.1. The normalized spacial score (nSPS) is 10.1. The van der Waals surface area contributed by atoms with Crippen LogP contribution in [0.5, 0.6) is 0 Å². The van der Waals surface area contributed by atoms with Gasteiger partial charge in [-0.2, -0.15) is 5.10 Å². The lowest BCUT2D eigenvalue weighted by atomic mass is 10.5. The fourth-order valence-electron chi connectivity index (χ4n) is 0.912. The lowest BCUT2D eigenvalue weighted by Gasteiger charge is -2.03. The molecule has 0 bridgehead atoms. The Labute approximate surface area is 90.4 Å². The fraction of sp³-hybridized carbons (Fsp3) is 0.500. The van der Waals surface area contributed by atoms with Crippen molar-refractivity contribution in [2.24, 2.45) is 0 Å². The monoisotopic (exact) mass is 294 g/mol. The highest BCUT2D eigenvalue weighted by Crippen LogP contribution is 2.09. The minimum absolute atomic E-state index is 0.197. The van der Waals surface area contributed by atoms with E-state index in [1.165, 1.54) is 0 Å². The van der Waals surface area contributed by atoms with E-state index in [0.29, 0.717) is 6.61 Å². The maximum absolute atomic E-state index is 11.1. The molecule has 13 heavy (non-hydrogen) atoms. The summed E-state index contributed by atoms with van der Waals surface area (Å²) in [5.41, 5.74) is 0.994. The number of rotatable bonds is 3. The van der Waals surface area contributed by atoms with E-state index < -0.39 is 0 Å². The van der Waals surface area contributed by atoms with Crippen LogP contribution in [0.2, 0.25) is 0 Å². The Morgan fingerprint density at radius 2 is 2.46 bits per heavy atom. The number of hydrogen-bond acceptors (Lipinski definition) is 3. The van der Waals surface area contributed by atoms with Crippen molar-refractivity contribution < 1.29 is 9.53 Å². The first kappa shape index (κ1) is 10.5. The van der Waals surface area contributed by atoms with E-state index >= 15 is 0 Å². The Bertz CT molecular complexity index is 309. The van der Waals surface area contributed by atoms with Gasteiger partial charge in [-0.15, -0.1) is 0 Å². The van der Waals surface area contributed by atoms with Crippen LogP contribution < -0.4 is 0 Å². The Morgan fingerprint density at radius 1 is 1.77 bits per heavy atom. The number of carbonyl (C=O) groups excluding carboxylic acids is 1. The highest BCUT2D eigenvalue weighted by Gasteiger charge is 2.08. The van der Waals surface area contributed by atoms with E-state index in [9.17, 15) is 4.79 Å². The van der Waals surface area contributed by atoms with Crippen molar-refractivity contribution in [1.29, 1.82) is 0 Å². The van der Waals surface area contributed by atoms with Crippen LogP contribution >= 0.6 is 22.6 Å². The predicted octanol–water partition coefficient (Wildman–Crippen LogP) is 1.36. The van der Waals surface area contributed by atoms with Crippen molar-refractivity contribution in [3.63, 3.8) is 0 Å². The van der Waals surface area contributed by atoms with E-state index in [0.717, 1.165) is 9.26 Å². The molecule has 1 aromatic heterocycles. The van der Waals surface area contributed by atoms with Gasteiger partial charge >= 0.3 is 5.97 Å². The van der Waals surface area contributed by atoms with Crippen LogP contribution in [0.3, 0.4) is 0 Å². The fourth-order valence-corrected chi connectivity index (χ4v) is 1.32. The zero-order chi connectivity index (χ0) is 9.84. The van der Waals surface area contributed by atoms with E-state index in [-0.39, 0.29) is 12.5 Å². The zero-order valence-corrected chi connectivity index (χ0v) is 9.74. The average Bonchev–Trinajstić information content (AvgIpc) is 2.37. The summed E-state index contributed by atoms with van der Waals surface area (Å²) in [6.07, 6.45) is 1.73. The molecule has 0 N–H and O–H groups in total. The first-order valence-corrected chi connectivity index (χ1v) is 5.06. The minimum Gasteiger partial charge on any atom is -0.465 e. The standard InChI is InChI=1S/C8H11IN2O2/c1-3-13-8(12)5-11-6(2)7(9)4-10-11/h4H,3,5H2,1-2H3. The molecule has 0 spiro atoms. The van der Waals surface area contributed by atoms with Crippen LogP contribution in [-0.4, -0.2) is 22.4 Å². The Balaban J connectivity index is 2.64. The largest absolute Gasteiger partial charge is 0.465 e. The van der Waals surface area contributed by atoms with E-state index in [2.05, 4.69) is 27.7 Å². The molecule has 1 aromatic rings. The third-order valence-corrected chi connectivity index (χ3v) is 2.69. The lowest BCUT2D eigenvalue weighted by molar-refractivity contribution is -0.144. The molecule has 0 aromatic carbocycles. The third-order valence-electron chi connectivity index (χ3n) is 1.63. The summed E-state index contributed by atoms with van der Waals surface area (Å²) in [5, 5.41) is 4.05. The van der Waals surface area contributed by atoms with Gasteiger partial charge < -0.3 is 4.74 Å². The molecule has 4 nitrogen and oxygen atoms in total. The Kier molecular flexibility index (Phi) is 3.71. The molecule has 0 saturated heterocycles. The van der Waals surface area contributed by atoms with Gasteiger partial charge in [0.2, 0.25) is 0 Å². The Morgan fingerprint density at radius 3 is 2.92 bits per heavy atom. The van der Waals surface area contributed by atoms with Crippen molar-refractivity contribution >= 4 is 28.6 Å². The maximum Gasteiger partial charge on any atom is 0.327 e. The number of aromatic nitrogens is 2. The summed E-state index contributed by atoms with van der Waals surface area (Å²) < 4.78 is 7.50. The molecule has 0 aliphatic heterocycles. The highest BCUT2D eigenvalue weighted by molar-refractivity contribution is 14.1. The van der Waals surface area contributed by atoms with Gasteiger partial charge in [-0.3, -0.25) is 9.48 Å². The van der Waals surface area contributed by atoms with Crippen molar-refractivity contribution in [2.45, 2.75) is 20.4 Å². The van der Waals surface area contributed by atoms with E-state index in [1.54, 1.807) is 17.8 Å². The molecule has 5 heteroatoms. The van der Waals surface area contributed by atoms with Crippen molar-refractivity contribution in [2.75, 3.05) is 6.61 Å². The van der Waals surface area contributed by atoms with Crippen LogP contribution in [0.1, 0.15) is 12.6 Å². The van der Waals surface area contributed by atoms with E-state index in [4.69, 9.17) is 4.74 Å². The number of halogens is 1. The SMILES string of the molecule is CCOC(=O)Cn1ncc(I)c1C. The second kappa shape index (κ2) is 4.59. The van der Waals surface area contributed by atoms with Crippen LogP contribution in [0.25, 0.3) is 0 Å². The predicted molar refractivity (Wildman–Crippen MR) is 56.3 cm³/mol. The zero-order valence-electron chi connectivity index (χ0n) is 7.58. The summed E-state index contributed by atoms with van der Waals surface area (Å²) in [5.74, 6) is -0.245. The first-order chi connectivity index (χ1) is 6.15. The first-order valence-electron chi connectivity index (χ1n) is 3.98. The van der Waals surface area contributed by atoms with Gasteiger partial charge in [0.25, 0.3) is 0 Å². The topological polar surface area (TPSA) is 44.1 Å². The van der Waals surface area contributed by atoms with E-state index in [1.807, 2.05) is 6.92 Å². The van der Waals surface area contributed by atoms with Crippen molar-refractivity contribution in [1.82, 2.24) is 9.78 Å². The lowest BCUT2D eigenvalue weighted by Crippen LogP contribution is -2.15. The third kappa shape index (κ3) is 2.68. The molecule has 0 radical (unpaired) electrons. The number of nitrogens with zero attached hydrogens (tertiary/aromatic N) is 2. The van der Waals surface area contributed by atoms with Gasteiger partial charge in [0.05, 0.1) is 16.4 Å². The molecule has 0 atom stereocenters. The van der Waals surface area contributed by atoms with Gasteiger partial charge in [-0.1, -0.05) is 0 Å². The summed E-state index contributed by atoms with van der Waals surface area (Å²) >= 11 is 2.18. The molecule has 1 rings (SSSR count). The summed E-state index contributed by atoms with van der Waals surface area (Å²) in [6.45, 7) is 4.32. The molecule has 0 unspecified atom stereocenters. The second-order valence-corrected chi connectivity index (χ2v) is 3.70. The molecule has 0 aliphatic carbocycles. The van der Waals surface area contributed by atoms with Gasteiger partial charge in [0, 0.05) is 5.69 Å². The number of hydrogen-bond donors (Lipinski definition) is 0. The van der Waals surface area contributed by atoms with Gasteiger partial charge in [-0.05, 0) is 36.4 Å². The van der Waals surface area contributed by atoms with Crippen LogP contribution in [0.15, 0.2) is 6.20 Å². The van der Waals surface area contributed by atoms with Crippen LogP contribution in [-0.2, 0) is 16.1 Å². The molecule has 0 saturated carbocycles. The van der Waals surface area contributed by atoms with Crippen LogP contribution in [0.4, 0.5) is 0 Å². The molecular weight excluding hydrogens is 283 g/mol. The summed E-state index contributed by atoms with van der Waals surface area (Å²) in [4.78, 5) is 11.1. The number of carbonyl (C=O) groups is 1. The van der Waals surface area contributed by atoms with Crippen molar-refractivity contribution in [3.05, 3.63) is 15.5 Å².